The summed E-state index contributed by atoms with van der Waals surface area (Å²) in [5.74, 6) is 0. The van der Waals surface area contributed by atoms with Crippen molar-refractivity contribution in [2.75, 3.05) is 0 Å². The Morgan fingerprint density at radius 2 is 1.95 bits per heavy atom. The lowest BCUT2D eigenvalue weighted by molar-refractivity contribution is 0.994. The minimum Gasteiger partial charge on any atom is -0.267 e. The number of allylic oxidation sites excluding steroid dienone is 4. The molecule has 0 aliphatic heterocycles. The van der Waals surface area contributed by atoms with Gasteiger partial charge >= 0.3 is 0 Å². The van der Waals surface area contributed by atoms with E-state index in [4.69, 9.17) is 0 Å². The fraction of sp³-hybridized carbons (Fsp3) is 0. The van der Waals surface area contributed by atoms with Crippen molar-refractivity contribution in [1.29, 1.82) is 0 Å². The standard InChI is InChI=1S/C16H10N2OS/c19-16-15-14(17-10-18(16)12-7-4-8-12)13(9-20-15)11-5-2-1-3-6-11/h1-10H. The third-order valence-corrected chi connectivity index (χ3v) is 4.33. The Morgan fingerprint density at radius 3 is 2.65 bits per heavy atom. The summed E-state index contributed by atoms with van der Waals surface area (Å²) >= 11 is 1.45. The summed E-state index contributed by atoms with van der Waals surface area (Å²) in [7, 11) is 0. The van der Waals surface area contributed by atoms with E-state index in [1.165, 1.54) is 11.3 Å². The second-order valence-electron chi connectivity index (χ2n) is 4.56. The van der Waals surface area contributed by atoms with E-state index >= 15 is 0 Å². The fourth-order valence-corrected chi connectivity index (χ4v) is 3.22. The van der Waals surface area contributed by atoms with Crippen LogP contribution in [0.25, 0.3) is 27.0 Å². The lowest BCUT2D eigenvalue weighted by Crippen LogP contribution is -2.19. The molecule has 0 unspecified atom stereocenters. The zero-order valence-electron chi connectivity index (χ0n) is 10.5. The average molecular weight is 278 g/mol. The first-order valence-electron chi connectivity index (χ1n) is 6.27. The summed E-state index contributed by atoms with van der Waals surface area (Å²) in [5.41, 5.74) is 3.78. The normalized spacial score (nSPS) is 13.3. The van der Waals surface area contributed by atoms with Crippen molar-refractivity contribution in [3.63, 3.8) is 0 Å². The predicted molar refractivity (Wildman–Crippen MR) is 82.7 cm³/mol. The van der Waals surface area contributed by atoms with Crippen molar-refractivity contribution >= 4 is 27.3 Å². The summed E-state index contributed by atoms with van der Waals surface area (Å²) < 4.78 is 2.29. The molecule has 2 heterocycles. The van der Waals surface area contributed by atoms with E-state index in [0.29, 0.717) is 4.70 Å². The number of benzene rings is 1. The van der Waals surface area contributed by atoms with Crippen molar-refractivity contribution in [2.24, 2.45) is 0 Å². The quantitative estimate of drug-likeness (QED) is 0.718. The van der Waals surface area contributed by atoms with E-state index in [-0.39, 0.29) is 5.56 Å². The van der Waals surface area contributed by atoms with Gasteiger partial charge in [0.15, 0.2) is 0 Å². The average Bonchev–Trinajstić information content (AvgIpc) is 2.85. The maximum atomic E-state index is 12.5. The lowest BCUT2D eigenvalue weighted by Gasteiger charge is -2.09. The third kappa shape index (κ3) is 1.58. The van der Waals surface area contributed by atoms with Gasteiger partial charge in [-0.05, 0) is 17.7 Å². The lowest BCUT2D eigenvalue weighted by atomic mass is 10.1. The summed E-state index contributed by atoms with van der Waals surface area (Å²) in [6.45, 7) is 0. The molecule has 1 aliphatic carbocycles. The molecule has 1 aliphatic rings. The van der Waals surface area contributed by atoms with Crippen LogP contribution in [0.5, 0.6) is 0 Å². The molecule has 4 rings (SSSR count). The van der Waals surface area contributed by atoms with Gasteiger partial charge in [0.25, 0.3) is 5.56 Å². The van der Waals surface area contributed by atoms with Gasteiger partial charge in [0.05, 0.1) is 11.2 Å². The molecule has 4 heteroatoms. The SMILES string of the molecule is O=c1c2scc(-c3ccccc3)c2ncn1C1=CC=C1. The number of nitrogens with zero attached hydrogens (tertiary/aromatic N) is 2. The van der Waals surface area contributed by atoms with Crippen LogP contribution in [0.4, 0.5) is 0 Å². The van der Waals surface area contributed by atoms with Crippen LogP contribution in [0.2, 0.25) is 0 Å². The van der Waals surface area contributed by atoms with Crippen molar-refractivity contribution in [2.45, 2.75) is 0 Å². The number of thiophene rings is 1. The molecule has 0 amide bonds. The van der Waals surface area contributed by atoms with E-state index < -0.39 is 0 Å². The van der Waals surface area contributed by atoms with Gasteiger partial charge < -0.3 is 0 Å². The first-order chi connectivity index (χ1) is 9.84. The van der Waals surface area contributed by atoms with Crippen molar-refractivity contribution in [3.05, 3.63) is 70.6 Å². The van der Waals surface area contributed by atoms with Gasteiger partial charge in [-0.15, -0.1) is 11.3 Å². The van der Waals surface area contributed by atoms with Crippen LogP contribution in [0.15, 0.2) is 65.1 Å². The number of rotatable bonds is 2. The van der Waals surface area contributed by atoms with Crippen LogP contribution < -0.4 is 5.56 Å². The van der Waals surface area contributed by atoms with E-state index in [0.717, 1.165) is 22.3 Å². The molecule has 96 valence electrons. The van der Waals surface area contributed by atoms with Crippen molar-refractivity contribution in [3.8, 4) is 11.1 Å². The van der Waals surface area contributed by atoms with E-state index in [1.807, 2.05) is 53.9 Å². The molecule has 0 saturated carbocycles. The molecule has 20 heavy (non-hydrogen) atoms. The Balaban J connectivity index is 1.95. The third-order valence-electron chi connectivity index (χ3n) is 3.38. The minimum atomic E-state index is -0.00205. The Bertz CT molecular complexity index is 917. The summed E-state index contributed by atoms with van der Waals surface area (Å²) in [6.07, 6.45) is 7.33. The highest BCUT2D eigenvalue weighted by molar-refractivity contribution is 7.17. The van der Waals surface area contributed by atoms with Crippen LogP contribution in [-0.2, 0) is 0 Å². The maximum Gasteiger partial charge on any atom is 0.275 e. The van der Waals surface area contributed by atoms with E-state index in [9.17, 15) is 4.79 Å². The monoisotopic (exact) mass is 278 g/mol. The highest BCUT2D eigenvalue weighted by Crippen LogP contribution is 2.30. The molecule has 3 nitrogen and oxygen atoms in total. The van der Waals surface area contributed by atoms with Gasteiger partial charge in [0, 0.05) is 10.9 Å². The molecule has 0 N–H and O–H groups in total. The van der Waals surface area contributed by atoms with Crippen molar-refractivity contribution < 1.29 is 0 Å². The smallest absolute Gasteiger partial charge is 0.267 e. The molecule has 0 bridgehead atoms. The van der Waals surface area contributed by atoms with Gasteiger partial charge in [0.1, 0.15) is 11.0 Å². The summed E-state index contributed by atoms with van der Waals surface area (Å²) in [5, 5.41) is 2.00. The van der Waals surface area contributed by atoms with Crippen molar-refractivity contribution in [1.82, 2.24) is 9.55 Å². The highest BCUT2D eigenvalue weighted by atomic mass is 32.1. The highest BCUT2D eigenvalue weighted by Gasteiger charge is 2.13. The Labute approximate surface area is 119 Å². The van der Waals surface area contributed by atoms with E-state index in [2.05, 4.69) is 4.98 Å². The zero-order valence-corrected chi connectivity index (χ0v) is 11.3. The Morgan fingerprint density at radius 1 is 1.15 bits per heavy atom. The Hall–Kier alpha value is -2.46. The molecule has 3 aromatic rings. The molecule has 2 aromatic heterocycles. The molecule has 0 radical (unpaired) electrons. The van der Waals surface area contributed by atoms with Crippen LogP contribution >= 0.6 is 11.3 Å². The second kappa shape index (κ2) is 4.28. The summed E-state index contributed by atoms with van der Waals surface area (Å²) in [4.78, 5) is 16.9. The minimum absolute atomic E-state index is 0.00205. The number of hydrogen-bond donors (Lipinski definition) is 0. The summed E-state index contributed by atoms with van der Waals surface area (Å²) in [6, 6.07) is 10.0. The van der Waals surface area contributed by atoms with Gasteiger partial charge in [-0.1, -0.05) is 36.4 Å². The zero-order chi connectivity index (χ0) is 13.5. The number of aromatic nitrogens is 2. The predicted octanol–water partition coefficient (Wildman–Crippen LogP) is 3.54. The number of hydrogen-bond acceptors (Lipinski definition) is 3. The molecule has 1 aromatic carbocycles. The molecule has 0 fully saturated rings. The molecular weight excluding hydrogens is 268 g/mol. The van der Waals surface area contributed by atoms with Gasteiger partial charge in [-0.25, -0.2) is 4.98 Å². The molecular formula is C16H10N2OS. The van der Waals surface area contributed by atoms with Gasteiger partial charge in [-0.2, -0.15) is 0 Å². The van der Waals surface area contributed by atoms with Crippen LogP contribution in [0.1, 0.15) is 0 Å². The van der Waals surface area contributed by atoms with Crippen LogP contribution in [-0.4, -0.2) is 9.55 Å². The van der Waals surface area contributed by atoms with Gasteiger partial charge in [0.2, 0.25) is 0 Å². The largest absolute Gasteiger partial charge is 0.275 e. The molecule has 0 spiro atoms. The molecule has 0 atom stereocenters. The topological polar surface area (TPSA) is 34.9 Å². The van der Waals surface area contributed by atoms with Crippen LogP contribution in [0, 0.1) is 0 Å². The maximum absolute atomic E-state index is 12.5. The van der Waals surface area contributed by atoms with E-state index in [1.54, 1.807) is 10.9 Å². The van der Waals surface area contributed by atoms with Gasteiger partial charge in [-0.3, -0.25) is 9.36 Å². The van der Waals surface area contributed by atoms with Crippen LogP contribution in [0.3, 0.4) is 0 Å². The first kappa shape index (κ1) is 11.4. The molecule has 0 saturated heterocycles. The fourth-order valence-electron chi connectivity index (χ4n) is 2.26. The first-order valence-corrected chi connectivity index (χ1v) is 7.15. The Kier molecular flexibility index (Phi) is 2.44. The second-order valence-corrected chi connectivity index (χ2v) is 5.44. The number of fused-ring (bicyclic) bond motifs is 1.